The van der Waals surface area contributed by atoms with E-state index in [4.69, 9.17) is 9.47 Å². The van der Waals surface area contributed by atoms with E-state index < -0.39 is 0 Å². The predicted molar refractivity (Wildman–Crippen MR) is 46.0 cm³/mol. The van der Waals surface area contributed by atoms with Crippen LogP contribution in [0.2, 0.25) is 0 Å². The lowest BCUT2D eigenvalue weighted by Crippen LogP contribution is -2.46. The highest BCUT2D eigenvalue weighted by atomic mass is 32.2. The standard InChI is InChI=1S/C8H14O2S/c1-2-9-3-4-11-7-8(1)5-10-6-8/h1-7H2. The summed E-state index contributed by atoms with van der Waals surface area (Å²) in [4.78, 5) is 0. The van der Waals surface area contributed by atoms with Crippen molar-refractivity contribution in [3.8, 4) is 0 Å². The van der Waals surface area contributed by atoms with E-state index in [0.29, 0.717) is 5.41 Å². The molecule has 2 aliphatic heterocycles. The van der Waals surface area contributed by atoms with Crippen molar-refractivity contribution in [3.63, 3.8) is 0 Å². The summed E-state index contributed by atoms with van der Waals surface area (Å²) in [5, 5.41) is 0. The van der Waals surface area contributed by atoms with E-state index in [-0.39, 0.29) is 0 Å². The Labute approximate surface area is 71.6 Å². The fourth-order valence-corrected chi connectivity index (χ4v) is 2.61. The average Bonchev–Trinajstić information content (AvgIpc) is 1.82. The van der Waals surface area contributed by atoms with Crippen LogP contribution in [-0.2, 0) is 9.47 Å². The zero-order valence-corrected chi connectivity index (χ0v) is 7.49. The van der Waals surface area contributed by atoms with Crippen LogP contribution >= 0.6 is 11.8 Å². The predicted octanol–water partition coefficient (Wildman–Crippen LogP) is 1.16. The number of rotatable bonds is 0. The van der Waals surface area contributed by atoms with Gasteiger partial charge in [-0.15, -0.1) is 0 Å². The molecule has 1 spiro atoms. The lowest BCUT2D eigenvalue weighted by Gasteiger charge is -2.42. The van der Waals surface area contributed by atoms with Crippen molar-refractivity contribution < 1.29 is 9.47 Å². The minimum absolute atomic E-state index is 0.491. The highest BCUT2D eigenvalue weighted by Crippen LogP contribution is 2.35. The summed E-state index contributed by atoms with van der Waals surface area (Å²) in [5.41, 5.74) is 0.491. The van der Waals surface area contributed by atoms with Crippen LogP contribution in [0.15, 0.2) is 0 Å². The molecular formula is C8H14O2S. The summed E-state index contributed by atoms with van der Waals surface area (Å²) < 4.78 is 10.7. The molecule has 2 saturated heterocycles. The van der Waals surface area contributed by atoms with E-state index in [2.05, 4.69) is 0 Å². The molecular weight excluding hydrogens is 160 g/mol. The maximum atomic E-state index is 5.43. The summed E-state index contributed by atoms with van der Waals surface area (Å²) in [6.45, 7) is 3.79. The van der Waals surface area contributed by atoms with Gasteiger partial charge in [-0.2, -0.15) is 11.8 Å². The van der Waals surface area contributed by atoms with Crippen LogP contribution < -0.4 is 0 Å². The molecule has 0 aromatic heterocycles. The van der Waals surface area contributed by atoms with Crippen molar-refractivity contribution in [1.82, 2.24) is 0 Å². The Morgan fingerprint density at radius 2 is 2.00 bits per heavy atom. The van der Waals surface area contributed by atoms with Gasteiger partial charge in [0.2, 0.25) is 0 Å². The van der Waals surface area contributed by atoms with Crippen molar-refractivity contribution in [2.45, 2.75) is 6.42 Å². The van der Waals surface area contributed by atoms with E-state index in [0.717, 1.165) is 32.2 Å². The van der Waals surface area contributed by atoms with Crippen molar-refractivity contribution >= 4 is 11.8 Å². The molecule has 0 atom stereocenters. The molecule has 2 rings (SSSR count). The zero-order valence-electron chi connectivity index (χ0n) is 6.67. The van der Waals surface area contributed by atoms with Crippen LogP contribution in [-0.4, -0.2) is 37.9 Å². The third kappa shape index (κ3) is 1.71. The molecule has 0 bridgehead atoms. The SMILES string of the molecule is C1CSCC2(CCO1)COC2. The molecule has 0 unspecified atom stereocenters. The van der Waals surface area contributed by atoms with Gasteiger partial charge < -0.3 is 9.47 Å². The number of ether oxygens (including phenoxy) is 2. The maximum absolute atomic E-state index is 5.43. The Hall–Kier alpha value is 0.270. The summed E-state index contributed by atoms with van der Waals surface area (Å²) in [6.07, 6.45) is 1.19. The van der Waals surface area contributed by atoms with E-state index in [1.165, 1.54) is 12.2 Å². The van der Waals surface area contributed by atoms with Crippen LogP contribution in [0.5, 0.6) is 0 Å². The van der Waals surface area contributed by atoms with Crippen molar-refractivity contribution in [2.24, 2.45) is 5.41 Å². The molecule has 2 heterocycles. The van der Waals surface area contributed by atoms with Gasteiger partial charge in [-0.05, 0) is 6.42 Å². The first kappa shape index (κ1) is 7.90. The maximum Gasteiger partial charge on any atom is 0.0556 e. The minimum atomic E-state index is 0.491. The van der Waals surface area contributed by atoms with Crippen molar-refractivity contribution in [2.75, 3.05) is 37.9 Å². The first-order valence-corrected chi connectivity index (χ1v) is 5.30. The molecule has 0 aliphatic carbocycles. The van der Waals surface area contributed by atoms with Gasteiger partial charge in [0.25, 0.3) is 0 Å². The fourth-order valence-electron chi connectivity index (χ4n) is 1.49. The lowest BCUT2D eigenvalue weighted by molar-refractivity contribution is -0.112. The third-order valence-corrected chi connectivity index (χ3v) is 3.65. The average molecular weight is 174 g/mol. The normalized spacial score (nSPS) is 30.5. The first-order chi connectivity index (χ1) is 5.41. The van der Waals surface area contributed by atoms with Crippen LogP contribution in [0, 0.1) is 5.41 Å². The van der Waals surface area contributed by atoms with Gasteiger partial charge in [0, 0.05) is 23.5 Å². The van der Waals surface area contributed by atoms with Gasteiger partial charge in [-0.25, -0.2) is 0 Å². The quantitative estimate of drug-likeness (QED) is 0.549. The van der Waals surface area contributed by atoms with Crippen molar-refractivity contribution in [1.29, 1.82) is 0 Å². The van der Waals surface area contributed by atoms with E-state index in [9.17, 15) is 0 Å². The second-order valence-electron chi connectivity index (χ2n) is 3.41. The Balaban J connectivity index is 1.86. The van der Waals surface area contributed by atoms with Crippen LogP contribution in [0.25, 0.3) is 0 Å². The Morgan fingerprint density at radius 1 is 1.09 bits per heavy atom. The Kier molecular flexibility index (Phi) is 2.39. The summed E-state index contributed by atoms with van der Waals surface area (Å²) in [7, 11) is 0. The molecule has 2 aliphatic rings. The molecule has 2 nitrogen and oxygen atoms in total. The van der Waals surface area contributed by atoms with Crippen LogP contribution in [0.3, 0.4) is 0 Å². The molecule has 3 heteroatoms. The second-order valence-corrected chi connectivity index (χ2v) is 4.51. The second kappa shape index (κ2) is 3.33. The molecule has 0 N–H and O–H groups in total. The summed E-state index contributed by atoms with van der Waals surface area (Å²) >= 11 is 2.01. The number of hydrogen-bond donors (Lipinski definition) is 0. The summed E-state index contributed by atoms with van der Waals surface area (Å²) in [5.74, 6) is 2.43. The van der Waals surface area contributed by atoms with Gasteiger partial charge in [0.05, 0.1) is 19.8 Å². The van der Waals surface area contributed by atoms with Gasteiger partial charge >= 0.3 is 0 Å². The molecule has 0 aromatic rings. The van der Waals surface area contributed by atoms with Crippen LogP contribution in [0.4, 0.5) is 0 Å². The summed E-state index contributed by atoms with van der Waals surface area (Å²) in [6, 6.07) is 0. The smallest absolute Gasteiger partial charge is 0.0556 e. The topological polar surface area (TPSA) is 18.5 Å². The highest BCUT2D eigenvalue weighted by molar-refractivity contribution is 7.99. The molecule has 0 radical (unpaired) electrons. The Bertz CT molecular complexity index is 124. The number of hydrogen-bond acceptors (Lipinski definition) is 3. The Morgan fingerprint density at radius 3 is 2.73 bits per heavy atom. The zero-order chi connectivity index (χ0) is 7.57. The largest absolute Gasteiger partial charge is 0.381 e. The van der Waals surface area contributed by atoms with Crippen LogP contribution in [0.1, 0.15) is 6.42 Å². The van der Waals surface area contributed by atoms with E-state index in [1.807, 2.05) is 11.8 Å². The molecule has 0 saturated carbocycles. The lowest BCUT2D eigenvalue weighted by atomic mass is 9.85. The van der Waals surface area contributed by atoms with Crippen molar-refractivity contribution in [3.05, 3.63) is 0 Å². The monoisotopic (exact) mass is 174 g/mol. The number of thioether (sulfide) groups is 1. The van der Waals surface area contributed by atoms with Gasteiger partial charge in [-0.3, -0.25) is 0 Å². The molecule has 0 aromatic carbocycles. The van der Waals surface area contributed by atoms with Gasteiger partial charge in [0.15, 0.2) is 0 Å². The first-order valence-electron chi connectivity index (χ1n) is 4.15. The molecule has 0 amide bonds. The minimum Gasteiger partial charge on any atom is -0.381 e. The van der Waals surface area contributed by atoms with E-state index in [1.54, 1.807) is 0 Å². The molecule has 2 fully saturated rings. The molecule has 64 valence electrons. The van der Waals surface area contributed by atoms with Gasteiger partial charge in [-0.1, -0.05) is 0 Å². The van der Waals surface area contributed by atoms with Gasteiger partial charge in [0.1, 0.15) is 0 Å². The highest BCUT2D eigenvalue weighted by Gasteiger charge is 2.38. The third-order valence-electron chi connectivity index (χ3n) is 2.37. The molecule has 11 heavy (non-hydrogen) atoms. The van der Waals surface area contributed by atoms with E-state index >= 15 is 0 Å². The fraction of sp³-hybridized carbons (Fsp3) is 1.00.